The molecule has 0 saturated carbocycles. The third-order valence-electron chi connectivity index (χ3n) is 3.29. The molecule has 1 heterocycles. The molecule has 1 amide bonds. The summed E-state index contributed by atoms with van der Waals surface area (Å²) in [6.07, 6.45) is 0. The van der Waals surface area contributed by atoms with Crippen LogP contribution in [0, 0.1) is 0 Å². The van der Waals surface area contributed by atoms with Crippen LogP contribution in [0.5, 0.6) is 11.5 Å². The van der Waals surface area contributed by atoms with Crippen molar-refractivity contribution in [1.29, 1.82) is 0 Å². The molecule has 0 unspecified atom stereocenters. The first kappa shape index (κ1) is 13.7. The maximum atomic E-state index is 12.6. The molecule has 1 saturated heterocycles. The zero-order chi connectivity index (χ0) is 13.8. The second-order valence-corrected chi connectivity index (χ2v) is 4.67. The van der Waals surface area contributed by atoms with E-state index in [2.05, 4.69) is 12.2 Å². The Balaban J connectivity index is 2.26. The minimum absolute atomic E-state index is 0.0101. The number of methoxy groups -OCH3 is 2. The van der Waals surface area contributed by atoms with Gasteiger partial charge in [-0.05, 0) is 25.1 Å². The topological polar surface area (TPSA) is 50.8 Å². The van der Waals surface area contributed by atoms with Crippen molar-refractivity contribution in [2.45, 2.75) is 13.0 Å². The highest BCUT2D eigenvalue weighted by molar-refractivity contribution is 5.97. The van der Waals surface area contributed by atoms with E-state index in [1.165, 1.54) is 0 Å². The number of ether oxygens (including phenoxy) is 2. The quantitative estimate of drug-likeness (QED) is 0.889. The first-order chi connectivity index (χ1) is 9.15. The number of nitrogens with zero attached hydrogens (tertiary/aromatic N) is 1. The molecule has 0 bridgehead atoms. The van der Waals surface area contributed by atoms with E-state index >= 15 is 0 Å². The Bertz CT molecular complexity index is 462. The Morgan fingerprint density at radius 3 is 2.79 bits per heavy atom. The van der Waals surface area contributed by atoms with Gasteiger partial charge in [0.05, 0.1) is 19.8 Å². The molecule has 104 valence electrons. The highest BCUT2D eigenvalue weighted by atomic mass is 16.5. The third kappa shape index (κ3) is 2.98. The lowest BCUT2D eigenvalue weighted by Crippen LogP contribution is -2.51. The minimum atomic E-state index is -0.0101. The number of nitrogens with one attached hydrogen (secondary N) is 1. The van der Waals surface area contributed by atoms with Gasteiger partial charge in [0.2, 0.25) is 0 Å². The second-order valence-electron chi connectivity index (χ2n) is 4.67. The lowest BCUT2D eigenvalue weighted by Gasteiger charge is -2.32. The number of carbonyl (C=O) groups is 1. The summed E-state index contributed by atoms with van der Waals surface area (Å²) in [5, 5.41) is 3.32. The van der Waals surface area contributed by atoms with Crippen molar-refractivity contribution in [3.8, 4) is 11.5 Å². The second kappa shape index (κ2) is 5.93. The molecule has 0 aromatic heterocycles. The van der Waals surface area contributed by atoms with Crippen molar-refractivity contribution in [3.63, 3.8) is 0 Å². The van der Waals surface area contributed by atoms with Crippen LogP contribution in [0.2, 0.25) is 0 Å². The maximum Gasteiger partial charge on any atom is 0.257 e. The van der Waals surface area contributed by atoms with Crippen LogP contribution in [-0.4, -0.2) is 50.7 Å². The molecular weight excluding hydrogens is 244 g/mol. The smallest absolute Gasteiger partial charge is 0.257 e. The molecule has 1 fully saturated rings. The van der Waals surface area contributed by atoms with Crippen molar-refractivity contribution in [2.75, 3.05) is 33.9 Å². The molecule has 0 radical (unpaired) electrons. The molecule has 1 aromatic carbocycles. The Labute approximate surface area is 113 Å². The maximum absolute atomic E-state index is 12.6. The van der Waals surface area contributed by atoms with Crippen LogP contribution in [0.4, 0.5) is 0 Å². The number of piperazine rings is 1. The van der Waals surface area contributed by atoms with Gasteiger partial charge in [-0.2, -0.15) is 0 Å². The summed E-state index contributed by atoms with van der Waals surface area (Å²) in [4.78, 5) is 14.4. The summed E-state index contributed by atoms with van der Waals surface area (Å²) in [6.45, 7) is 4.31. The van der Waals surface area contributed by atoms with E-state index in [-0.39, 0.29) is 5.91 Å². The van der Waals surface area contributed by atoms with Crippen LogP contribution in [0.15, 0.2) is 18.2 Å². The summed E-state index contributed by atoms with van der Waals surface area (Å²) in [7, 11) is 3.15. The van der Waals surface area contributed by atoms with Gasteiger partial charge >= 0.3 is 0 Å². The zero-order valence-corrected chi connectivity index (χ0v) is 11.6. The predicted molar refractivity (Wildman–Crippen MR) is 72.9 cm³/mol. The molecule has 1 N–H and O–H groups in total. The van der Waals surface area contributed by atoms with Gasteiger partial charge in [0, 0.05) is 25.7 Å². The first-order valence-corrected chi connectivity index (χ1v) is 6.40. The van der Waals surface area contributed by atoms with E-state index in [1.807, 2.05) is 4.90 Å². The van der Waals surface area contributed by atoms with Gasteiger partial charge in [0.15, 0.2) is 0 Å². The lowest BCUT2D eigenvalue weighted by atomic mass is 10.1. The highest BCUT2D eigenvalue weighted by Gasteiger charge is 2.24. The van der Waals surface area contributed by atoms with E-state index in [4.69, 9.17) is 9.47 Å². The Morgan fingerprint density at radius 1 is 1.37 bits per heavy atom. The van der Waals surface area contributed by atoms with Gasteiger partial charge in [-0.25, -0.2) is 0 Å². The number of amides is 1. The van der Waals surface area contributed by atoms with Crippen LogP contribution in [-0.2, 0) is 0 Å². The van der Waals surface area contributed by atoms with Crippen LogP contribution < -0.4 is 14.8 Å². The molecule has 19 heavy (non-hydrogen) atoms. The lowest BCUT2D eigenvalue weighted by molar-refractivity contribution is 0.0705. The van der Waals surface area contributed by atoms with Crippen LogP contribution in [0.3, 0.4) is 0 Å². The number of carbonyl (C=O) groups excluding carboxylic acids is 1. The number of benzene rings is 1. The summed E-state index contributed by atoms with van der Waals surface area (Å²) >= 11 is 0. The molecule has 0 aliphatic carbocycles. The molecule has 1 atom stereocenters. The standard InChI is InChI=1S/C14H20N2O3/c1-10-9-16(7-6-15-10)14(17)12-8-11(18-2)4-5-13(12)19-3/h4-5,8,10,15H,6-7,9H2,1-3H3/t10-/m0/s1. The molecule has 2 rings (SSSR count). The normalized spacial score (nSPS) is 19.1. The van der Waals surface area contributed by atoms with E-state index in [0.29, 0.717) is 36.2 Å². The van der Waals surface area contributed by atoms with Crippen molar-refractivity contribution in [1.82, 2.24) is 10.2 Å². The van der Waals surface area contributed by atoms with Crippen molar-refractivity contribution in [3.05, 3.63) is 23.8 Å². The largest absolute Gasteiger partial charge is 0.497 e. The molecule has 1 aliphatic rings. The number of hydrogen-bond acceptors (Lipinski definition) is 4. The summed E-state index contributed by atoms with van der Waals surface area (Å²) in [5.74, 6) is 1.23. The van der Waals surface area contributed by atoms with Gasteiger partial charge < -0.3 is 19.7 Å². The van der Waals surface area contributed by atoms with Crippen molar-refractivity contribution < 1.29 is 14.3 Å². The highest BCUT2D eigenvalue weighted by Crippen LogP contribution is 2.25. The monoisotopic (exact) mass is 264 g/mol. The number of hydrogen-bond donors (Lipinski definition) is 1. The fourth-order valence-electron chi connectivity index (χ4n) is 2.27. The van der Waals surface area contributed by atoms with Gasteiger partial charge in [-0.15, -0.1) is 0 Å². The van der Waals surface area contributed by atoms with E-state index in [9.17, 15) is 4.79 Å². The third-order valence-corrected chi connectivity index (χ3v) is 3.29. The first-order valence-electron chi connectivity index (χ1n) is 6.40. The predicted octanol–water partition coefficient (Wildman–Crippen LogP) is 1.14. The molecule has 5 nitrogen and oxygen atoms in total. The van der Waals surface area contributed by atoms with Crippen molar-refractivity contribution in [2.24, 2.45) is 0 Å². The average Bonchev–Trinajstić information content (AvgIpc) is 2.45. The summed E-state index contributed by atoms with van der Waals surface area (Å²) in [5.41, 5.74) is 0.552. The molecule has 1 aromatic rings. The van der Waals surface area contributed by atoms with Gasteiger partial charge in [-0.1, -0.05) is 0 Å². The minimum Gasteiger partial charge on any atom is -0.497 e. The summed E-state index contributed by atoms with van der Waals surface area (Å²) in [6, 6.07) is 5.59. The molecular formula is C14H20N2O3. The fraction of sp³-hybridized carbons (Fsp3) is 0.500. The van der Waals surface area contributed by atoms with E-state index < -0.39 is 0 Å². The van der Waals surface area contributed by atoms with E-state index in [0.717, 1.165) is 6.54 Å². The van der Waals surface area contributed by atoms with E-state index in [1.54, 1.807) is 32.4 Å². The Hall–Kier alpha value is -1.75. The zero-order valence-electron chi connectivity index (χ0n) is 11.6. The van der Waals surface area contributed by atoms with Gasteiger partial charge in [0.1, 0.15) is 11.5 Å². The van der Waals surface area contributed by atoms with Crippen LogP contribution >= 0.6 is 0 Å². The summed E-state index contributed by atoms with van der Waals surface area (Å²) < 4.78 is 10.4. The average molecular weight is 264 g/mol. The molecule has 5 heteroatoms. The number of rotatable bonds is 3. The SMILES string of the molecule is COc1ccc(OC)c(C(=O)N2CCN[C@@H](C)C2)c1. The van der Waals surface area contributed by atoms with Gasteiger partial charge in [0.25, 0.3) is 5.91 Å². The fourth-order valence-corrected chi connectivity index (χ4v) is 2.27. The molecule has 0 spiro atoms. The van der Waals surface area contributed by atoms with Crippen LogP contribution in [0.25, 0.3) is 0 Å². The molecule has 1 aliphatic heterocycles. The van der Waals surface area contributed by atoms with Crippen LogP contribution in [0.1, 0.15) is 17.3 Å². The Morgan fingerprint density at radius 2 is 2.16 bits per heavy atom. The Kier molecular flexibility index (Phi) is 4.27. The van der Waals surface area contributed by atoms with Crippen molar-refractivity contribution >= 4 is 5.91 Å². The van der Waals surface area contributed by atoms with Gasteiger partial charge in [-0.3, -0.25) is 4.79 Å².